The smallest absolute Gasteiger partial charge is 0.433 e. The summed E-state index contributed by atoms with van der Waals surface area (Å²) in [5, 5.41) is 2.43. The van der Waals surface area contributed by atoms with Crippen LogP contribution in [-0.4, -0.2) is 22.1 Å². The van der Waals surface area contributed by atoms with E-state index in [1.165, 1.54) is 6.92 Å². The van der Waals surface area contributed by atoms with Gasteiger partial charge in [0.1, 0.15) is 12.1 Å². The number of fused-ring (bicyclic) bond motifs is 1. The Morgan fingerprint density at radius 2 is 2.04 bits per heavy atom. The number of rotatable bonds is 2. The zero-order chi connectivity index (χ0) is 18.4. The van der Waals surface area contributed by atoms with Crippen LogP contribution in [-0.2, 0) is 17.4 Å². The molecule has 0 saturated heterocycles. The molecule has 0 bridgehead atoms. The number of hydrogen-bond acceptors (Lipinski definition) is 4. The molecule has 10 heteroatoms. The van der Waals surface area contributed by atoms with Crippen molar-refractivity contribution in [2.24, 2.45) is 0 Å². The van der Waals surface area contributed by atoms with Crippen molar-refractivity contribution in [2.75, 3.05) is 11.9 Å². The number of benzene rings is 1. The van der Waals surface area contributed by atoms with Gasteiger partial charge in [0, 0.05) is 11.6 Å². The summed E-state index contributed by atoms with van der Waals surface area (Å²) < 4.78 is 58.9. The maximum absolute atomic E-state index is 14.3. The summed E-state index contributed by atoms with van der Waals surface area (Å²) >= 11 is 0. The topological polar surface area (TPSA) is 73.2 Å². The Morgan fingerprint density at radius 1 is 1.32 bits per heavy atom. The average molecular weight is 357 g/mol. The summed E-state index contributed by atoms with van der Waals surface area (Å²) in [7, 11) is 0. The first kappa shape index (κ1) is 16.9. The standard InChI is InChI=1S/C15H11F4N3O3/c1-2-7-13(15(17,18)19)20-6-22(14(7)24)10-4-9-11(3-8(10)16)25-5-12(23)21-9/h3-4,6H,2,5H2,1H3,(H,21,23). The molecule has 0 saturated carbocycles. The summed E-state index contributed by atoms with van der Waals surface area (Å²) in [5.74, 6) is -1.32. The van der Waals surface area contributed by atoms with Gasteiger partial charge in [-0.15, -0.1) is 0 Å². The van der Waals surface area contributed by atoms with Gasteiger partial charge < -0.3 is 10.1 Å². The van der Waals surface area contributed by atoms with Gasteiger partial charge in [0.25, 0.3) is 11.5 Å². The van der Waals surface area contributed by atoms with Crippen molar-refractivity contribution in [3.05, 3.63) is 45.9 Å². The molecule has 1 aromatic heterocycles. The van der Waals surface area contributed by atoms with Gasteiger partial charge >= 0.3 is 6.18 Å². The number of halogens is 4. The average Bonchev–Trinajstić information content (AvgIpc) is 2.53. The summed E-state index contributed by atoms with van der Waals surface area (Å²) in [6.07, 6.45) is -4.41. The van der Waals surface area contributed by atoms with E-state index in [1.807, 2.05) is 0 Å². The Hall–Kier alpha value is -2.91. The number of nitrogens with zero attached hydrogens (tertiary/aromatic N) is 2. The zero-order valence-electron chi connectivity index (χ0n) is 12.8. The molecule has 0 aliphatic carbocycles. The first-order valence-corrected chi connectivity index (χ1v) is 7.16. The van der Waals surface area contributed by atoms with Crippen LogP contribution < -0.4 is 15.6 Å². The van der Waals surface area contributed by atoms with Crippen molar-refractivity contribution in [2.45, 2.75) is 19.5 Å². The van der Waals surface area contributed by atoms with Gasteiger partial charge in [0.15, 0.2) is 18.1 Å². The van der Waals surface area contributed by atoms with E-state index < -0.39 is 34.7 Å². The molecule has 0 radical (unpaired) electrons. The van der Waals surface area contributed by atoms with Crippen molar-refractivity contribution < 1.29 is 27.1 Å². The van der Waals surface area contributed by atoms with Gasteiger partial charge in [-0.05, 0) is 12.5 Å². The molecule has 25 heavy (non-hydrogen) atoms. The molecule has 1 amide bonds. The van der Waals surface area contributed by atoms with Crippen LogP contribution in [0.4, 0.5) is 23.2 Å². The quantitative estimate of drug-likeness (QED) is 0.837. The third kappa shape index (κ3) is 2.94. The van der Waals surface area contributed by atoms with Crippen LogP contribution in [0.2, 0.25) is 0 Å². The van der Waals surface area contributed by atoms with Crippen LogP contribution in [0, 0.1) is 5.82 Å². The first-order chi connectivity index (χ1) is 11.7. The Labute approximate surface area is 138 Å². The number of amides is 1. The lowest BCUT2D eigenvalue weighted by Crippen LogP contribution is -2.29. The highest BCUT2D eigenvalue weighted by Crippen LogP contribution is 2.33. The minimum atomic E-state index is -4.79. The SMILES string of the molecule is CCc1c(C(F)(F)F)ncn(-c2cc3c(cc2F)OCC(=O)N3)c1=O. The van der Waals surface area contributed by atoms with Gasteiger partial charge in [-0.25, -0.2) is 9.37 Å². The normalized spacial score (nSPS) is 13.9. The highest BCUT2D eigenvalue weighted by molar-refractivity contribution is 5.95. The predicted octanol–water partition coefficient (Wildman–Crippen LogP) is 2.28. The van der Waals surface area contributed by atoms with Gasteiger partial charge in [-0.1, -0.05) is 6.92 Å². The lowest BCUT2D eigenvalue weighted by Gasteiger charge is -2.20. The highest BCUT2D eigenvalue weighted by atomic mass is 19.4. The predicted molar refractivity (Wildman–Crippen MR) is 78.3 cm³/mol. The third-order valence-corrected chi connectivity index (χ3v) is 3.63. The molecule has 3 rings (SSSR count). The van der Waals surface area contributed by atoms with Crippen LogP contribution in [0.3, 0.4) is 0 Å². The summed E-state index contributed by atoms with van der Waals surface area (Å²) in [6, 6.07) is 2.05. The lowest BCUT2D eigenvalue weighted by atomic mass is 10.1. The van der Waals surface area contributed by atoms with E-state index in [1.54, 1.807) is 0 Å². The minimum absolute atomic E-state index is 0.0597. The molecule has 0 spiro atoms. The number of alkyl halides is 3. The Balaban J connectivity index is 2.19. The molecular weight excluding hydrogens is 346 g/mol. The van der Waals surface area contributed by atoms with Gasteiger partial charge in [-0.2, -0.15) is 13.2 Å². The fourth-order valence-corrected chi connectivity index (χ4v) is 2.50. The molecule has 0 fully saturated rings. The zero-order valence-corrected chi connectivity index (χ0v) is 12.8. The van der Waals surface area contributed by atoms with Crippen LogP contribution in [0.25, 0.3) is 5.69 Å². The molecule has 6 nitrogen and oxygen atoms in total. The van der Waals surface area contributed by atoms with Crippen molar-refractivity contribution in [1.29, 1.82) is 0 Å². The molecule has 1 aliphatic heterocycles. The molecule has 2 heterocycles. The second-order valence-electron chi connectivity index (χ2n) is 5.23. The van der Waals surface area contributed by atoms with Gasteiger partial charge in [0.2, 0.25) is 0 Å². The van der Waals surface area contributed by atoms with Crippen molar-refractivity contribution >= 4 is 11.6 Å². The molecule has 1 N–H and O–H groups in total. The van der Waals surface area contributed by atoms with Crippen molar-refractivity contribution in [3.63, 3.8) is 0 Å². The summed E-state index contributed by atoms with van der Waals surface area (Å²) in [6.45, 7) is 1.09. The number of nitrogens with one attached hydrogen (secondary N) is 1. The maximum Gasteiger partial charge on any atom is 0.433 e. The first-order valence-electron chi connectivity index (χ1n) is 7.16. The Kier molecular flexibility index (Phi) is 3.97. The monoisotopic (exact) mass is 357 g/mol. The molecule has 1 aliphatic rings. The molecule has 1 aromatic carbocycles. The number of ether oxygens (including phenoxy) is 1. The number of carbonyl (C=O) groups excluding carboxylic acids is 1. The molecule has 2 aromatic rings. The highest BCUT2D eigenvalue weighted by Gasteiger charge is 2.36. The van der Waals surface area contributed by atoms with E-state index in [4.69, 9.17) is 4.74 Å². The summed E-state index contributed by atoms with van der Waals surface area (Å²) in [4.78, 5) is 27.0. The van der Waals surface area contributed by atoms with E-state index in [0.29, 0.717) is 10.9 Å². The molecular formula is C15H11F4N3O3. The van der Waals surface area contributed by atoms with Gasteiger partial charge in [-0.3, -0.25) is 14.2 Å². The van der Waals surface area contributed by atoms with E-state index in [9.17, 15) is 27.2 Å². The second-order valence-corrected chi connectivity index (χ2v) is 5.23. The van der Waals surface area contributed by atoms with Crippen LogP contribution in [0.5, 0.6) is 5.75 Å². The van der Waals surface area contributed by atoms with E-state index in [-0.39, 0.29) is 30.2 Å². The van der Waals surface area contributed by atoms with E-state index in [0.717, 1.165) is 12.1 Å². The molecule has 0 unspecified atom stereocenters. The van der Waals surface area contributed by atoms with Crippen LogP contribution >= 0.6 is 0 Å². The molecule has 0 atom stereocenters. The van der Waals surface area contributed by atoms with Crippen molar-refractivity contribution in [1.82, 2.24) is 9.55 Å². The number of anilines is 1. The Morgan fingerprint density at radius 3 is 2.68 bits per heavy atom. The van der Waals surface area contributed by atoms with Crippen molar-refractivity contribution in [3.8, 4) is 11.4 Å². The number of aromatic nitrogens is 2. The van der Waals surface area contributed by atoms with Crippen LogP contribution in [0.1, 0.15) is 18.2 Å². The fourth-order valence-electron chi connectivity index (χ4n) is 2.50. The van der Waals surface area contributed by atoms with Crippen LogP contribution in [0.15, 0.2) is 23.3 Å². The molecule has 132 valence electrons. The third-order valence-electron chi connectivity index (χ3n) is 3.63. The number of carbonyl (C=O) groups is 1. The van der Waals surface area contributed by atoms with Gasteiger partial charge in [0.05, 0.1) is 11.4 Å². The fraction of sp³-hybridized carbons (Fsp3) is 0.267. The summed E-state index contributed by atoms with van der Waals surface area (Å²) in [5.41, 5.74) is -3.15. The van der Waals surface area contributed by atoms with E-state index >= 15 is 0 Å². The minimum Gasteiger partial charge on any atom is -0.481 e. The number of hydrogen-bond donors (Lipinski definition) is 1. The largest absolute Gasteiger partial charge is 0.481 e. The maximum atomic E-state index is 14.3. The Bertz CT molecular complexity index is 921. The van der Waals surface area contributed by atoms with E-state index in [2.05, 4.69) is 10.3 Å². The second kappa shape index (κ2) is 5.87. The lowest BCUT2D eigenvalue weighted by molar-refractivity contribution is -0.142.